The SMILES string of the molecule is Cc1ccc(NC(=O)CSC2=N[C@H]3CS(=O)(=O)C[C@H]3N2c2cc(C)ccc2C)c(C)c1. The highest BCUT2D eigenvalue weighted by atomic mass is 32.2. The van der Waals surface area contributed by atoms with Crippen LogP contribution in [-0.4, -0.2) is 48.8 Å². The molecule has 4 rings (SSSR count). The molecule has 1 N–H and O–H groups in total. The Balaban J connectivity index is 1.54. The van der Waals surface area contributed by atoms with Crippen LogP contribution in [0.15, 0.2) is 41.4 Å². The summed E-state index contributed by atoms with van der Waals surface area (Å²) in [5, 5.41) is 3.69. The van der Waals surface area contributed by atoms with Crippen LogP contribution in [0, 0.1) is 27.7 Å². The van der Waals surface area contributed by atoms with Crippen LogP contribution in [0.2, 0.25) is 0 Å². The number of carbonyl (C=O) groups is 1. The van der Waals surface area contributed by atoms with Gasteiger partial charge in [0, 0.05) is 11.4 Å². The molecule has 0 aliphatic carbocycles. The molecule has 0 saturated carbocycles. The number of amides is 1. The molecule has 0 aromatic heterocycles. The van der Waals surface area contributed by atoms with Crippen molar-refractivity contribution >= 4 is 44.0 Å². The van der Waals surface area contributed by atoms with Crippen LogP contribution >= 0.6 is 11.8 Å². The smallest absolute Gasteiger partial charge is 0.234 e. The minimum absolute atomic E-state index is 0.0673. The molecule has 0 spiro atoms. The van der Waals surface area contributed by atoms with Gasteiger partial charge in [0.15, 0.2) is 15.0 Å². The fourth-order valence-corrected chi connectivity index (χ4v) is 6.92. The Morgan fingerprint density at radius 1 is 1.06 bits per heavy atom. The summed E-state index contributed by atoms with van der Waals surface area (Å²) in [5.74, 6) is 0.260. The van der Waals surface area contributed by atoms with Gasteiger partial charge in [0.2, 0.25) is 5.91 Å². The topological polar surface area (TPSA) is 78.8 Å². The monoisotopic (exact) mass is 457 g/mol. The second-order valence-corrected chi connectivity index (χ2v) is 11.5. The highest BCUT2D eigenvalue weighted by Crippen LogP contribution is 2.37. The van der Waals surface area contributed by atoms with Gasteiger partial charge in [-0.3, -0.25) is 9.79 Å². The minimum atomic E-state index is -3.11. The van der Waals surface area contributed by atoms with Gasteiger partial charge in [-0.15, -0.1) is 0 Å². The maximum atomic E-state index is 12.6. The number of thioether (sulfide) groups is 1. The van der Waals surface area contributed by atoms with E-state index in [1.54, 1.807) is 0 Å². The maximum Gasteiger partial charge on any atom is 0.234 e. The Morgan fingerprint density at radius 3 is 2.52 bits per heavy atom. The summed E-state index contributed by atoms with van der Waals surface area (Å²) in [5.41, 5.74) is 6.10. The van der Waals surface area contributed by atoms with E-state index in [2.05, 4.69) is 11.4 Å². The first-order valence-corrected chi connectivity index (χ1v) is 13.1. The molecule has 164 valence electrons. The third kappa shape index (κ3) is 4.65. The average molecular weight is 458 g/mol. The van der Waals surface area contributed by atoms with Crippen molar-refractivity contribution in [1.82, 2.24) is 0 Å². The largest absolute Gasteiger partial charge is 0.325 e. The molecule has 2 atom stereocenters. The summed E-state index contributed by atoms with van der Waals surface area (Å²) >= 11 is 1.36. The number of hydrogen-bond acceptors (Lipinski definition) is 6. The van der Waals surface area contributed by atoms with Gasteiger partial charge in [0.1, 0.15) is 0 Å². The zero-order valence-corrected chi connectivity index (χ0v) is 19.8. The molecule has 2 aliphatic rings. The van der Waals surface area contributed by atoms with E-state index in [1.807, 2.05) is 62.9 Å². The van der Waals surface area contributed by atoms with Crippen molar-refractivity contribution in [3.63, 3.8) is 0 Å². The summed E-state index contributed by atoms with van der Waals surface area (Å²) < 4.78 is 24.5. The quantitative estimate of drug-likeness (QED) is 0.758. The van der Waals surface area contributed by atoms with Gasteiger partial charge in [-0.2, -0.15) is 0 Å². The van der Waals surface area contributed by atoms with Gasteiger partial charge in [-0.05, 0) is 56.5 Å². The van der Waals surface area contributed by atoms with Crippen LogP contribution in [0.4, 0.5) is 11.4 Å². The van der Waals surface area contributed by atoms with E-state index in [9.17, 15) is 13.2 Å². The number of aliphatic imine (C=N–C) groups is 1. The molecule has 2 aliphatic heterocycles. The minimum Gasteiger partial charge on any atom is -0.325 e. The van der Waals surface area contributed by atoms with Crippen LogP contribution in [0.25, 0.3) is 0 Å². The second kappa shape index (κ2) is 8.31. The zero-order valence-electron chi connectivity index (χ0n) is 18.2. The van der Waals surface area contributed by atoms with Crippen LogP contribution in [-0.2, 0) is 14.6 Å². The predicted octanol–water partition coefficient (Wildman–Crippen LogP) is 3.63. The highest BCUT2D eigenvalue weighted by molar-refractivity contribution is 8.14. The average Bonchev–Trinajstić information content (AvgIpc) is 3.15. The van der Waals surface area contributed by atoms with Gasteiger partial charge in [-0.1, -0.05) is 41.6 Å². The molecule has 1 saturated heterocycles. The van der Waals surface area contributed by atoms with Crippen molar-refractivity contribution < 1.29 is 13.2 Å². The molecular weight excluding hydrogens is 430 g/mol. The van der Waals surface area contributed by atoms with Gasteiger partial charge in [0.25, 0.3) is 0 Å². The molecule has 2 aromatic carbocycles. The number of anilines is 2. The Kier molecular flexibility index (Phi) is 5.87. The van der Waals surface area contributed by atoms with E-state index < -0.39 is 9.84 Å². The number of aryl methyl sites for hydroxylation is 4. The van der Waals surface area contributed by atoms with Crippen LogP contribution in [0.5, 0.6) is 0 Å². The molecule has 0 unspecified atom stereocenters. The van der Waals surface area contributed by atoms with Crippen molar-refractivity contribution in [3.8, 4) is 0 Å². The van der Waals surface area contributed by atoms with Crippen LogP contribution in [0.1, 0.15) is 22.3 Å². The molecule has 0 radical (unpaired) electrons. The van der Waals surface area contributed by atoms with Crippen LogP contribution in [0.3, 0.4) is 0 Å². The third-order valence-electron chi connectivity index (χ3n) is 5.72. The summed E-state index contributed by atoms with van der Waals surface area (Å²) in [6.07, 6.45) is 0. The number of hydrogen-bond donors (Lipinski definition) is 1. The van der Waals surface area contributed by atoms with E-state index in [0.29, 0.717) is 0 Å². The van der Waals surface area contributed by atoms with E-state index >= 15 is 0 Å². The second-order valence-electron chi connectivity index (χ2n) is 8.44. The lowest BCUT2D eigenvalue weighted by atomic mass is 10.1. The molecule has 1 amide bonds. The first-order chi connectivity index (χ1) is 14.6. The first-order valence-electron chi connectivity index (χ1n) is 10.3. The lowest BCUT2D eigenvalue weighted by Gasteiger charge is -2.28. The Morgan fingerprint density at radius 2 is 1.77 bits per heavy atom. The summed E-state index contributed by atoms with van der Waals surface area (Å²) in [4.78, 5) is 19.4. The molecule has 2 heterocycles. The number of carbonyl (C=O) groups excluding carboxylic acids is 1. The van der Waals surface area contributed by atoms with Crippen LogP contribution < -0.4 is 10.2 Å². The predicted molar refractivity (Wildman–Crippen MR) is 129 cm³/mol. The molecular formula is C23H27N3O3S2. The summed E-state index contributed by atoms with van der Waals surface area (Å²) in [6.45, 7) is 8.02. The third-order valence-corrected chi connectivity index (χ3v) is 8.39. The number of benzene rings is 2. The van der Waals surface area contributed by atoms with E-state index in [0.717, 1.165) is 38.8 Å². The fraction of sp³-hybridized carbons (Fsp3) is 0.391. The van der Waals surface area contributed by atoms with Gasteiger partial charge in [-0.25, -0.2) is 8.42 Å². The van der Waals surface area contributed by atoms with Crippen molar-refractivity contribution in [2.45, 2.75) is 39.8 Å². The van der Waals surface area contributed by atoms with Gasteiger partial charge >= 0.3 is 0 Å². The molecule has 2 aromatic rings. The van der Waals surface area contributed by atoms with Gasteiger partial charge < -0.3 is 10.2 Å². The number of amidine groups is 1. The molecule has 0 bridgehead atoms. The Labute approximate surface area is 188 Å². The number of sulfone groups is 1. The fourth-order valence-electron chi connectivity index (χ4n) is 4.16. The van der Waals surface area contributed by atoms with E-state index in [-0.39, 0.29) is 35.2 Å². The number of rotatable bonds is 4. The van der Waals surface area contributed by atoms with E-state index in [4.69, 9.17) is 4.99 Å². The standard InChI is InChI=1S/C23H27N3O3S2/c1-14-6-8-18(17(4)9-14)24-22(27)11-30-23-25-19-12-31(28,29)13-21(19)26(23)20-10-15(2)5-7-16(20)3/h5-10,19,21H,11-13H2,1-4H3,(H,24,27)/t19-,21+/m0/s1. The Bertz CT molecular complexity index is 1170. The molecule has 1 fully saturated rings. The summed E-state index contributed by atoms with van der Waals surface area (Å²) in [6, 6.07) is 11.6. The van der Waals surface area contributed by atoms with Crippen molar-refractivity contribution in [1.29, 1.82) is 0 Å². The molecule has 8 heteroatoms. The molecule has 31 heavy (non-hydrogen) atoms. The summed E-state index contributed by atoms with van der Waals surface area (Å²) in [7, 11) is -3.11. The van der Waals surface area contributed by atoms with Gasteiger partial charge in [0.05, 0.1) is 29.3 Å². The Hall–Kier alpha value is -2.32. The van der Waals surface area contributed by atoms with Crippen molar-refractivity contribution in [2.24, 2.45) is 4.99 Å². The zero-order chi connectivity index (χ0) is 22.3. The van der Waals surface area contributed by atoms with E-state index in [1.165, 1.54) is 11.8 Å². The normalized spacial score (nSPS) is 21.7. The lowest BCUT2D eigenvalue weighted by Crippen LogP contribution is -2.40. The number of fused-ring (bicyclic) bond motifs is 1. The maximum absolute atomic E-state index is 12.6. The lowest BCUT2D eigenvalue weighted by molar-refractivity contribution is -0.113. The molecule has 6 nitrogen and oxygen atoms in total. The van der Waals surface area contributed by atoms with Crippen molar-refractivity contribution in [3.05, 3.63) is 58.7 Å². The first kappa shape index (κ1) is 21.9. The highest BCUT2D eigenvalue weighted by Gasteiger charge is 2.47. The van der Waals surface area contributed by atoms with Crippen molar-refractivity contribution in [2.75, 3.05) is 27.5 Å². The number of nitrogens with one attached hydrogen (secondary N) is 1. The number of nitrogens with zero attached hydrogens (tertiary/aromatic N) is 2.